The van der Waals surface area contributed by atoms with Crippen molar-refractivity contribution in [1.82, 2.24) is 4.98 Å². The number of aromatic amines is 1. The molecule has 0 saturated heterocycles. The summed E-state index contributed by atoms with van der Waals surface area (Å²) >= 11 is 1.45. The van der Waals surface area contributed by atoms with Crippen LogP contribution in [0.1, 0.15) is 5.69 Å². The molecule has 0 aliphatic carbocycles. The van der Waals surface area contributed by atoms with Crippen LogP contribution in [-0.4, -0.2) is 10.1 Å². The predicted octanol–water partition coefficient (Wildman–Crippen LogP) is 1.70. The number of pyridine rings is 1. The normalized spacial score (nSPS) is 11.7. The molecule has 2 N–H and O–H groups in total. The van der Waals surface area contributed by atoms with Crippen LogP contribution in [-0.2, 0) is 6.18 Å². The third-order valence-corrected chi connectivity index (χ3v) is 2.30. The molecule has 1 aromatic heterocycles. The molecule has 1 rings (SSSR count). The molecular formula is C6H3F3INO2. The quantitative estimate of drug-likeness (QED) is 0.717. The van der Waals surface area contributed by atoms with Gasteiger partial charge < -0.3 is 10.1 Å². The predicted molar refractivity (Wildman–Crippen MR) is 46.4 cm³/mol. The first-order chi connectivity index (χ1) is 5.82. The van der Waals surface area contributed by atoms with Crippen LogP contribution in [0.25, 0.3) is 0 Å². The highest BCUT2D eigenvalue weighted by atomic mass is 127. The van der Waals surface area contributed by atoms with Gasteiger partial charge in [-0.2, -0.15) is 13.2 Å². The Bertz CT molecular complexity index is 384. The second-order valence-corrected chi connectivity index (χ2v) is 3.29. The molecule has 0 atom stereocenters. The highest BCUT2D eigenvalue weighted by Crippen LogP contribution is 2.29. The summed E-state index contributed by atoms with van der Waals surface area (Å²) in [6.07, 6.45) is -4.65. The van der Waals surface area contributed by atoms with Crippen molar-refractivity contribution in [3.63, 3.8) is 0 Å². The number of nitrogens with one attached hydrogen (secondary N) is 1. The zero-order valence-corrected chi connectivity index (χ0v) is 8.10. The van der Waals surface area contributed by atoms with Gasteiger partial charge in [-0.05, 0) is 22.6 Å². The summed E-state index contributed by atoms with van der Waals surface area (Å²) < 4.78 is 35.8. The Morgan fingerprint density at radius 2 is 2.00 bits per heavy atom. The number of aromatic nitrogens is 1. The van der Waals surface area contributed by atoms with Gasteiger partial charge in [0.25, 0.3) is 5.56 Å². The first kappa shape index (κ1) is 10.4. The lowest BCUT2D eigenvalue weighted by Crippen LogP contribution is -2.18. The Kier molecular flexibility index (Phi) is 2.55. The highest BCUT2D eigenvalue weighted by molar-refractivity contribution is 14.1. The van der Waals surface area contributed by atoms with Crippen LogP contribution < -0.4 is 5.56 Å². The third kappa shape index (κ3) is 2.14. The fourth-order valence-corrected chi connectivity index (χ4v) is 0.973. The zero-order valence-electron chi connectivity index (χ0n) is 5.94. The van der Waals surface area contributed by atoms with Crippen LogP contribution >= 0.6 is 22.6 Å². The van der Waals surface area contributed by atoms with Gasteiger partial charge in [0.05, 0.1) is 0 Å². The smallest absolute Gasteiger partial charge is 0.431 e. The first-order valence-corrected chi connectivity index (χ1v) is 4.09. The lowest BCUT2D eigenvalue weighted by atomic mass is 10.3. The van der Waals surface area contributed by atoms with E-state index < -0.39 is 23.2 Å². The van der Waals surface area contributed by atoms with E-state index in [9.17, 15) is 18.0 Å². The standard InChI is InChI=1S/C6H3F3INO2/c7-6(8,9)3-1-2(12)4(10)5(13)11-3/h1H,(H2,11,12,13). The largest absolute Gasteiger partial charge is 0.507 e. The lowest BCUT2D eigenvalue weighted by Gasteiger charge is -2.06. The zero-order chi connectivity index (χ0) is 10.2. The molecule has 72 valence electrons. The fraction of sp³-hybridized carbons (Fsp3) is 0.167. The van der Waals surface area contributed by atoms with Gasteiger partial charge in [-0.15, -0.1) is 0 Å². The maximum atomic E-state index is 12.0. The second-order valence-electron chi connectivity index (χ2n) is 2.21. The average molecular weight is 305 g/mol. The van der Waals surface area contributed by atoms with Crippen molar-refractivity contribution in [2.24, 2.45) is 0 Å². The van der Waals surface area contributed by atoms with Crippen LogP contribution in [0.5, 0.6) is 5.75 Å². The van der Waals surface area contributed by atoms with E-state index in [0.717, 1.165) is 0 Å². The van der Waals surface area contributed by atoms with E-state index in [0.29, 0.717) is 6.07 Å². The van der Waals surface area contributed by atoms with Gasteiger partial charge in [-0.3, -0.25) is 4.79 Å². The van der Waals surface area contributed by atoms with Crippen LogP contribution in [0.4, 0.5) is 13.2 Å². The van der Waals surface area contributed by atoms with Crippen molar-refractivity contribution >= 4 is 22.6 Å². The summed E-state index contributed by atoms with van der Waals surface area (Å²) in [5, 5.41) is 8.92. The van der Waals surface area contributed by atoms with Gasteiger partial charge in [0.1, 0.15) is 15.0 Å². The average Bonchev–Trinajstić information content (AvgIpc) is 1.97. The minimum absolute atomic E-state index is 0.161. The van der Waals surface area contributed by atoms with Gasteiger partial charge in [0, 0.05) is 6.07 Å². The Balaban J connectivity index is 3.38. The van der Waals surface area contributed by atoms with Crippen molar-refractivity contribution in [3.05, 3.63) is 25.7 Å². The Labute approximate surface area is 83.7 Å². The number of H-pyrrole nitrogens is 1. The first-order valence-electron chi connectivity index (χ1n) is 3.01. The molecule has 0 bridgehead atoms. The van der Waals surface area contributed by atoms with Crippen LogP contribution in [0.3, 0.4) is 0 Å². The van der Waals surface area contributed by atoms with Gasteiger partial charge in [0.2, 0.25) is 0 Å². The minimum Gasteiger partial charge on any atom is -0.507 e. The van der Waals surface area contributed by atoms with Crippen molar-refractivity contribution in [2.75, 3.05) is 0 Å². The molecule has 3 nitrogen and oxygen atoms in total. The van der Waals surface area contributed by atoms with E-state index in [-0.39, 0.29) is 3.57 Å². The van der Waals surface area contributed by atoms with Gasteiger partial charge >= 0.3 is 6.18 Å². The van der Waals surface area contributed by atoms with Crippen LogP contribution in [0, 0.1) is 3.57 Å². The number of aromatic hydroxyl groups is 1. The molecular weight excluding hydrogens is 302 g/mol. The molecule has 0 aromatic carbocycles. The lowest BCUT2D eigenvalue weighted by molar-refractivity contribution is -0.141. The summed E-state index contributed by atoms with van der Waals surface area (Å²) in [4.78, 5) is 12.4. The SMILES string of the molecule is O=c1[nH]c(C(F)(F)F)cc(O)c1I. The monoisotopic (exact) mass is 305 g/mol. The number of rotatable bonds is 0. The molecule has 0 aliphatic rings. The number of halogens is 4. The van der Waals surface area contributed by atoms with E-state index in [1.807, 2.05) is 0 Å². The molecule has 0 spiro atoms. The van der Waals surface area contributed by atoms with Gasteiger partial charge in [-0.1, -0.05) is 0 Å². The maximum absolute atomic E-state index is 12.0. The van der Waals surface area contributed by atoms with E-state index in [2.05, 4.69) is 0 Å². The molecule has 0 saturated carbocycles. The molecule has 0 unspecified atom stereocenters. The third-order valence-electron chi connectivity index (χ3n) is 1.26. The van der Waals surface area contributed by atoms with E-state index in [4.69, 9.17) is 5.11 Å². The molecule has 1 aromatic rings. The molecule has 0 amide bonds. The fourth-order valence-electron chi connectivity index (χ4n) is 0.682. The number of hydrogen-bond acceptors (Lipinski definition) is 2. The number of hydrogen-bond donors (Lipinski definition) is 2. The molecule has 13 heavy (non-hydrogen) atoms. The van der Waals surface area contributed by atoms with Crippen molar-refractivity contribution in [2.45, 2.75) is 6.18 Å². The van der Waals surface area contributed by atoms with Crippen molar-refractivity contribution < 1.29 is 18.3 Å². The van der Waals surface area contributed by atoms with E-state index >= 15 is 0 Å². The summed E-state index contributed by atoms with van der Waals surface area (Å²) in [5.41, 5.74) is -2.21. The summed E-state index contributed by atoms with van der Waals surface area (Å²) in [7, 11) is 0. The van der Waals surface area contributed by atoms with Crippen molar-refractivity contribution in [3.8, 4) is 5.75 Å². The molecule has 0 aliphatic heterocycles. The van der Waals surface area contributed by atoms with E-state index in [1.165, 1.54) is 22.6 Å². The Hall–Kier alpha value is -0.730. The highest BCUT2D eigenvalue weighted by Gasteiger charge is 2.32. The van der Waals surface area contributed by atoms with Crippen LogP contribution in [0.2, 0.25) is 0 Å². The summed E-state index contributed by atoms with van der Waals surface area (Å²) in [6.45, 7) is 0. The van der Waals surface area contributed by atoms with Crippen molar-refractivity contribution in [1.29, 1.82) is 0 Å². The summed E-state index contributed by atoms with van der Waals surface area (Å²) in [5.74, 6) is -0.670. The van der Waals surface area contributed by atoms with E-state index in [1.54, 1.807) is 4.98 Å². The van der Waals surface area contributed by atoms with Crippen LogP contribution in [0.15, 0.2) is 10.9 Å². The molecule has 7 heteroatoms. The molecule has 0 radical (unpaired) electrons. The molecule has 0 fully saturated rings. The minimum atomic E-state index is -4.65. The van der Waals surface area contributed by atoms with Gasteiger partial charge in [-0.25, -0.2) is 0 Å². The second kappa shape index (κ2) is 3.20. The Morgan fingerprint density at radius 3 is 2.38 bits per heavy atom. The number of alkyl halides is 3. The van der Waals surface area contributed by atoms with Gasteiger partial charge in [0.15, 0.2) is 0 Å². The Morgan fingerprint density at radius 1 is 1.46 bits per heavy atom. The topological polar surface area (TPSA) is 53.1 Å². The molecule has 1 heterocycles. The summed E-state index contributed by atoms with van der Waals surface area (Å²) in [6, 6.07) is 0.475. The maximum Gasteiger partial charge on any atom is 0.431 e.